The Bertz CT molecular complexity index is 1240. The van der Waals surface area contributed by atoms with Gasteiger partial charge in [-0.3, -0.25) is 9.78 Å². The van der Waals surface area contributed by atoms with Gasteiger partial charge >= 0.3 is 6.09 Å². The fraction of sp³-hybridized carbons (Fsp3) is 0.364. The lowest BCUT2D eigenvalue weighted by atomic mass is 9.90. The highest BCUT2D eigenvalue weighted by Gasteiger charge is 2.28. The van der Waals surface area contributed by atoms with Crippen LogP contribution in [0.2, 0.25) is 0 Å². The molecule has 0 bridgehead atoms. The highest BCUT2D eigenvalue weighted by molar-refractivity contribution is 5.98. The Labute approximate surface area is 200 Å². The van der Waals surface area contributed by atoms with Crippen molar-refractivity contribution in [1.82, 2.24) is 30.3 Å². The average Bonchev–Trinajstić information content (AvgIpc) is 3.15. The minimum atomic E-state index is -1.15. The maximum absolute atomic E-state index is 14.9. The highest BCUT2D eigenvalue weighted by atomic mass is 19.1. The van der Waals surface area contributed by atoms with Crippen LogP contribution < -0.4 is 21.7 Å². The van der Waals surface area contributed by atoms with Crippen molar-refractivity contribution in [1.29, 1.82) is 0 Å². The Kier molecular flexibility index (Phi) is 6.75. The van der Waals surface area contributed by atoms with Gasteiger partial charge in [-0.1, -0.05) is 12.8 Å². The Hall–Kier alpha value is -4.29. The molecule has 1 saturated carbocycles. The maximum Gasteiger partial charge on any atom is 0.404 e. The molecule has 184 valence electrons. The van der Waals surface area contributed by atoms with E-state index in [0.29, 0.717) is 24.2 Å². The third-order valence-electron chi connectivity index (χ3n) is 5.87. The number of amides is 2. The molecular formula is C22H26FN9O3. The molecule has 3 aromatic heterocycles. The number of nitrogens with one attached hydrogen (secondary N) is 3. The van der Waals surface area contributed by atoms with Gasteiger partial charge in [0.25, 0.3) is 5.91 Å². The lowest BCUT2D eigenvalue weighted by Crippen LogP contribution is -2.48. The Morgan fingerprint density at radius 1 is 1.09 bits per heavy atom. The monoisotopic (exact) mass is 483 g/mol. The van der Waals surface area contributed by atoms with Crippen LogP contribution in [0, 0.1) is 19.7 Å². The fourth-order valence-electron chi connectivity index (χ4n) is 3.99. The van der Waals surface area contributed by atoms with Crippen LogP contribution in [-0.4, -0.2) is 54.2 Å². The number of hydrogen-bond donors (Lipinski definition) is 5. The van der Waals surface area contributed by atoms with E-state index in [1.807, 2.05) is 13.8 Å². The fourth-order valence-corrected chi connectivity index (χ4v) is 3.99. The molecule has 0 spiro atoms. The lowest BCUT2D eigenvalue weighted by molar-refractivity contribution is 0.1000. The van der Waals surface area contributed by atoms with Crippen molar-refractivity contribution in [3.8, 4) is 5.69 Å². The molecule has 2 atom stereocenters. The molecular weight excluding hydrogens is 457 g/mol. The van der Waals surface area contributed by atoms with E-state index >= 15 is 0 Å². The number of aryl methyl sites for hydroxylation is 2. The number of hydrogen-bond acceptors (Lipinski definition) is 8. The Morgan fingerprint density at radius 2 is 1.77 bits per heavy atom. The summed E-state index contributed by atoms with van der Waals surface area (Å²) in [5, 5.41) is 26.2. The Morgan fingerprint density at radius 3 is 2.43 bits per heavy atom. The highest BCUT2D eigenvalue weighted by Crippen LogP contribution is 2.27. The zero-order valence-corrected chi connectivity index (χ0v) is 19.2. The number of anilines is 3. The number of primary amides is 1. The summed E-state index contributed by atoms with van der Waals surface area (Å²) in [6.07, 6.45) is 4.91. The van der Waals surface area contributed by atoms with Crippen molar-refractivity contribution < 1.29 is 19.1 Å². The van der Waals surface area contributed by atoms with Gasteiger partial charge in [0.1, 0.15) is 11.5 Å². The predicted octanol–water partition coefficient (Wildman–Crippen LogP) is 2.65. The summed E-state index contributed by atoms with van der Waals surface area (Å²) in [6.45, 7) is 3.68. The predicted molar refractivity (Wildman–Crippen MR) is 125 cm³/mol. The van der Waals surface area contributed by atoms with E-state index in [4.69, 9.17) is 10.8 Å². The molecule has 35 heavy (non-hydrogen) atoms. The number of carboxylic acid groups (broad SMARTS) is 1. The van der Waals surface area contributed by atoms with E-state index in [1.54, 1.807) is 12.3 Å². The number of carbonyl (C=O) groups is 2. The van der Waals surface area contributed by atoms with Crippen LogP contribution >= 0.6 is 0 Å². The van der Waals surface area contributed by atoms with Gasteiger partial charge in [0.05, 0.1) is 41.1 Å². The maximum atomic E-state index is 14.9. The third kappa shape index (κ3) is 5.45. The van der Waals surface area contributed by atoms with Crippen molar-refractivity contribution >= 4 is 29.3 Å². The van der Waals surface area contributed by atoms with Crippen LogP contribution in [0.5, 0.6) is 0 Å². The van der Waals surface area contributed by atoms with Gasteiger partial charge in [-0.2, -0.15) is 10.2 Å². The van der Waals surface area contributed by atoms with Gasteiger partial charge in [0.15, 0.2) is 11.6 Å². The molecule has 12 nitrogen and oxygen atoms in total. The molecule has 13 heteroatoms. The molecule has 3 aromatic rings. The van der Waals surface area contributed by atoms with Crippen molar-refractivity contribution in [2.75, 3.05) is 10.6 Å². The first-order valence-electron chi connectivity index (χ1n) is 11.1. The SMILES string of the molecule is Cc1nn(-c2cncc(Nc3nc(N[C@@H]4CCCC[C@@H]4NC(=O)O)c(F)cc3C(N)=O)c2)nc1C. The van der Waals surface area contributed by atoms with Gasteiger partial charge in [-0.15, -0.1) is 4.80 Å². The summed E-state index contributed by atoms with van der Waals surface area (Å²) in [5.74, 6) is -1.73. The molecule has 4 rings (SSSR count). The van der Waals surface area contributed by atoms with Gasteiger partial charge in [0, 0.05) is 6.04 Å². The molecule has 0 aliphatic heterocycles. The minimum absolute atomic E-state index is 0.0275. The van der Waals surface area contributed by atoms with Crippen molar-refractivity contribution in [2.45, 2.75) is 51.6 Å². The smallest absolute Gasteiger partial charge is 0.404 e. The lowest BCUT2D eigenvalue weighted by Gasteiger charge is -2.32. The largest absolute Gasteiger partial charge is 0.465 e. The first-order chi connectivity index (χ1) is 16.7. The van der Waals surface area contributed by atoms with Gasteiger partial charge in [-0.25, -0.2) is 14.2 Å². The molecule has 0 aromatic carbocycles. The number of rotatable bonds is 7. The van der Waals surface area contributed by atoms with Crippen molar-refractivity contribution in [3.63, 3.8) is 0 Å². The van der Waals surface area contributed by atoms with E-state index in [0.717, 1.165) is 30.3 Å². The van der Waals surface area contributed by atoms with Crippen molar-refractivity contribution in [3.05, 3.63) is 47.3 Å². The van der Waals surface area contributed by atoms with Crippen LogP contribution in [0.4, 0.5) is 26.5 Å². The van der Waals surface area contributed by atoms with E-state index in [-0.39, 0.29) is 23.2 Å². The molecule has 0 radical (unpaired) electrons. The average molecular weight is 484 g/mol. The summed E-state index contributed by atoms with van der Waals surface area (Å²) in [5.41, 5.74) is 7.88. The number of halogens is 1. The topological polar surface area (TPSA) is 173 Å². The molecule has 0 unspecified atom stereocenters. The second kappa shape index (κ2) is 9.91. The molecule has 3 heterocycles. The quantitative estimate of drug-likeness (QED) is 0.338. The van der Waals surface area contributed by atoms with E-state index in [9.17, 15) is 14.0 Å². The number of pyridine rings is 2. The van der Waals surface area contributed by atoms with Crippen LogP contribution in [0.25, 0.3) is 5.69 Å². The zero-order valence-electron chi connectivity index (χ0n) is 19.2. The summed E-state index contributed by atoms with van der Waals surface area (Å²) in [6, 6.07) is 1.94. The standard InChI is InChI=1S/C22H26FN9O3/c1-11-12(2)31-32(30-11)14-7-13(9-25-10-14)26-20-15(19(24)33)8-16(23)21(29-20)27-17-5-3-4-6-18(17)28-22(34)35/h7-10,17-18,28H,3-6H2,1-2H3,(H2,24,33)(H,34,35)(H2,26,27,29)/t17-,18+/m1/s1. The second-order valence-corrected chi connectivity index (χ2v) is 8.39. The summed E-state index contributed by atoms with van der Waals surface area (Å²) in [4.78, 5) is 33.1. The number of nitrogens with two attached hydrogens (primary N) is 1. The zero-order chi connectivity index (χ0) is 25.1. The van der Waals surface area contributed by atoms with E-state index in [2.05, 4.69) is 36.1 Å². The van der Waals surface area contributed by atoms with E-state index in [1.165, 1.54) is 11.0 Å². The van der Waals surface area contributed by atoms with Crippen LogP contribution in [0.1, 0.15) is 47.4 Å². The first kappa shape index (κ1) is 23.9. The van der Waals surface area contributed by atoms with Gasteiger partial charge < -0.3 is 26.8 Å². The number of aromatic nitrogens is 5. The normalized spacial score (nSPS) is 17.6. The molecule has 1 aliphatic carbocycles. The summed E-state index contributed by atoms with van der Waals surface area (Å²) >= 11 is 0. The number of carbonyl (C=O) groups excluding carboxylic acids is 1. The third-order valence-corrected chi connectivity index (χ3v) is 5.87. The molecule has 1 aliphatic rings. The molecule has 6 N–H and O–H groups in total. The second-order valence-electron chi connectivity index (χ2n) is 8.39. The van der Waals surface area contributed by atoms with Crippen LogP contribution in [-0.2, 0) is 0 Å². The Balaban J connectivity index is 1.63. The first-order valence-corrected chi connectivity index (χ1v) is 11.1. The summed E-state index contributed by atoms with van der Waals surface area (Å²) < 4.78 is 14.9. The molecule has 2 amide bonds. The van der Waals surface area contributed by atoms with Crippen LogP contribution in [0.3, 0.4) is 0 Å². The van der Waals surface area contributed by atoms with Crippen molar-refractivity contribution in [2.24, 2.45) is 5.73 Å². The van der Waals surface area contributed by atoms with E-state index < -0.39 is 23.9 Å². The number of nitrogens with zero attached hydrogens (tertiary/aromatic N) is 5. The minimum Gasteiger partial charge on any atom is -0.465 e. The molecule has 0 saturated heterocycles. The summed E-state index contributed by atoms with van der Waals surface area (Å²) in [7, 11) is 0. The molecule has 1 fully saturated rings. The van der Waals surface area contributed by atoms with Gasteiger partial charge in [0.2, 0.25) is 0 Å². The van der Waals surface area contributed by atoms with Crippen LogP contribution in [0.15, 0.2) is 24.5 Å². The van der Waals surface area contributed by atoms with Gasteiger partial charge in [-0.05, 0) is 38.8 Å².